The van der Waals surface area contributed by atoms with Crippen LogP contribution in [0.5, 0.6) is 0 Å². The van der Waals surface area contributed by atoms with E-state index in [0.717, 1.165) is 11.1 Å². The van der Waals surface area contributed by atoms with E-state index >= 15 is 0 Å². The molecule has 0 unspecified atom stereocenters. The summed E-state index contributed by atoms with van der Waals surface area (Å²) in [7, 11) is 0. The van der Waals surface area contributed by atoms with Gasteiger partial charge in [0.2, 0.25) is 0 Å². The van der Waals surface area contributed by atoms with E-state index in [9.17, 15) is 4.79 Å². The van der Waals surface area contributed by atoms with Gasteiger partial charge in [-0.25, -0.2) is 4.68 Å². The van der Waals surface area contributed by atoms with Crippen LogP contribution in [0.1, 0.15) is 16.8 Å². The fraction of sp³-hybridized carbons (Fsp3) is 0.0526. The van der Waals surface area contributed by atoms with E-state index in [1.807, 2.05) is 48.6 Å². The Morgan fingerprint density at radius 2 is 1.71 bits per heavy atom. The first-order valence-corrected chi connectivity index (χ1v) is 8.13. The third-order valence-corrected chi connectivity index (χ3v) is 4.19. The van der Waals surface area contributed by atoms with Crippen molar-refractivity contribution in [3.63, 3.8) is 0 Å². The first kappa shape index (κ1) is 16.5. The molecule has 0 amide bonds. The number of rotatable bonds is 4. The summed E-state index contributed by atoms with van der Waals surface area (Å²) >= 11 is 11.9. The molecule has 0 bridgehead atoms. The number of hydrogen-bond acceptors (Lipinski definition) is 2. The molecule has 0 aliphatic carbocycles. The highest BCUT2D eigenvalue weighted by Crippen LogP contribution is 2.22. The molecule has 2 aromatic carbocycles. The van der Waals surface area contributed by atoms with Crippen molar-refractivity contribution >= 4 is 35.4 Å². The molecule has 0 saturated carbocycles. The fourth-order valence-electron chi connectivity index (χ4n) is 2.22. The van der Waals surface area contributed by atoms with Crippen LogP contribution in [0.15, 0.2) is 65.5 Å². The van der Waals surface area contributed by atoms with Gasteiger partial charge in [0.05, 0.1) is 22.3 Å². The summed E-state index contributed by atoms with van der Waals surface area (Å²) in [6.45, 7) is 0.336. The van der Waals surface area contributed by atoms with Crippen LogP contribution in [0, 0.1) is 0 Å². The molecule has 0 atom stereocenters. The minimum absolute atomic E-state index is 0.169. The van der Waals surface area contributed by atoms with Crippen LogP contribution in [-0.2, 0) is 6.54 Å². The average molecular weight is 357 g/mol. The minimum Gasteiger partial charge on any atom is -0.268 e. The van der Waals surface area contributed by atoms with Crippen molar-refractivity contribution in [3.8, 4) is 0 Å². The largest absolute Gasteiger partial charge is 0.268 e. The molecule has 0 fully saturated rings. The molecule has 0 radical (unpaired) electrons. The van der Waals surface area contributed by atoms with E-state index < -0.39 is 0 Å². The first-order chi connectivity index (χ1) is 11.6. The summed E-state index contributed by atoms with van der Waals surface area (Å²) in [5.74, 6) is 0. The van der Waals surface area contributed by atoms with Gasteiger partial charge in [0.1, 0.15) is 0 Å². The average Bonchev–Trinajstić information content (AvgIpc) is 2.60. The summed E-state index contributed by atoms with van der Waals surface area (Å²) in [6.07, 6.45) is 3.83. The Morgan fingerprint density at radius 1 is 0.917 bits per heavy atom. The highest BCUT2D eigenvalue weighted by molar-refractivity contribution is 6.42. The number of halogens is 2. The summed E-state index contributed by atoms with van der Waals surface area (Å²) in [5.41, 5.74) is 2.47. The van der Waals surface area contributed by atoms with Gasteiger partial charge in [0, 0.05) is 6.07 Å². The summed E-state index contributed by atoms with van der Waals surface area (Å²) in [4.78, 5) is 12.0. The van der Waals surface area contributed by atoms with Crippen LogP contribution in [0.25, 0.3) is 12.2 Å². The number of nitrogens with zero attached hydrogens (tertiary/aromatic N) is 2. The topological polar surface area (TPSA) is 34.9 Å². The second-order valence-electron chi connectivity index (χ2n) is 5.25. The molecule has 0 saturated heterocycles. The van der Waals surface area contributed by atoms with Gasteiger partial charge in [-0.15, -0.1) is 0 Å². The number of benzene rings is 2. The second kappa shape index (κ2) is 7.47. The molecule has 0 spiro atoms. The Balaban J connectivity index is 1.85. The molecular weight excluding hydrogens is 343 g/mol. The molecular formula is C19H14Cl2N2O. The summed E-state index contributed by atoms with van der Waals surface area (Å²) in [5, 5.41) is 5.32. The monoisotopic (exact) mass is 356 g/mol. The van der Waals surface area contributed by atoms with Gasteiger partial charge in [-0.2, -0.15) is 5.10 Å². The van der Waals surface area contributed by atoms with Crippen molar-refractivity contribution in [1.82, 2.24) is 9.78 Å². The van der Waals surface area contributed by atoms with Crippen molar-refractivity contribution in [3.05, 3.63) is 97.9 Å². The number of aromatic nitrogens is 2. The van der Waals surface area contributed by atoms with E-state index in [1.54, 1.807) is 18.2 Å². The van der Waals surface area contributed by atoms with Crippen LogP contribution in [-0.4, -0.2) is 9.78 Å². The van der Waals surface area contributed by atoms with Gasteiger partial charge in [-0.05, 0) is 35.4 Å². The van der Waals surface area contributed by atoms with Gasteiger partial charge in [0.15, 0.2) is 0 Å². The van der Waals surface area contributed by atoms with Crippen molar-refractivity contribution in [2.24, 2.45) is 0 Å². The lowest BCUT2D eigenvalue weighted by molar-refractivity contribution is 0.636. The lowest BCUT2D eigenvalue weighted by Crippen LogP contribution is -2.23. The summed E-state index contributed by atoms with van der Waals surface area (Å²) in [6, 6.07) is 18.4. The smallest absolute Gasteiger partial charge is 0.267 e. The van der Waals surface area contributed by atoms with E-state index in [-0.39, 0.29) is 5.56 Å². The van der Waals surface area contributed by atoms with E-state index in [2.05, 4.69) is 5.10 Å². The van der Waals surface area contributed by atoms with E-state index in [1.165, 1.54) is 10.7 Å². The molecule has 24 heavy (non-hydrogen) atoms. The molecule has 3 aromatic rings. The Hall–Kier alpha value is -2.36. The van der Waals surface area contributed by atoms with Gasteiger partial charge in [0.25, 0.3) is 5.56 Å². The Kier molecular flexibility index (Phi) is 5.14. The molecule has 0 N–H and O–H groups in total. The molecule has 0 aliphatic heterocycles. The maximum absolute atomic E-state index is 12.0. The lowest BCUT2D eigenvalue weighted by Gasteiger charge is -2.06. The molecule has 1 aromatic heterocycles. The van der Waals surface area contributed by atoms with Gasteiger partial charge >= 0.3 is 0 Å². The van der Waals surface area contributed by atoms with Gasteiger partial charge in [-0.1, -0.05) is 65.7 Å². The molecule has 1 heterocycles. The third-order valence-electron chi connectivity index (χ3n) is 3.45. The van der Waals surface area contributed by atoms with Crippen LogP contribution in [0.3, 0.4) is 0 Å². The van der Waals surface area contributed by atoms with Crippen molar-refractivity contribution < 1.29 is 0 Å². The Labute approximate surface area is 149 Å². The minimum atomic E-state index is -0.169. The van der Waals surface area contributed by atoms with E-state index in [0.29, 0.717) is 22.3 Å². The Bertz CT molecular complexity index is 934. The van der Waals surface area contributed by atoms with Gasteiger partial charge < -0.3 is 0 Å². The SMILES string of the molecule is O=c1ccc(C=Cc2ccccc2)nn1Cc1ccc(Cl)c(Cl)c1. The maximum atomic E-state index is 12.0. The van der Waals surface area contributed by atoms with Crippen molar-refractivity contribution in [2.75, 3.05) is 0 Å². The summed E-state index contributed by atoms with van der Waals surface area (Å²) < 4.78 is 1.41. The first-order valence-electron chi connectivity index (χ1n) is 7.37. The Morgan fingerprint density at radius 3 is 2.46 bits per heavy atom. The zero-order valence-electron chi connectivity index (χ0n) is 12.7. The lowest BCUT2D eigenvalue weighted by atomic mass is 10.2. The fourth-order valence-corrected chi connectivity index (χ4v) is 2.54. The van der Waals surface area contributed by atoms with Crippen molar-refractivity contribution in [1.29, 1.82) is 0 Å². The molecule has 5 heteroatoms. The normalized spacial score (nSPS) is 11.1. The van der Waals surface area contributed by atoms with Crippen LogP contribution < -0.4 is 5.56 Å². The number of hydrogen-bond donors (Lipinski definition) is 0. The van der Waals surface area contributed by atoms with Crippen LogP contribution in [0.2, 0.25) is 10.0 Å². The zero-order valence-corrected chi connectivity index (χ0v) is 14.2. The van der Waals surface area contributed by atoms with E-state index in [4.69, 9.17) is 23.2 Å². The molecule has 120 valence electrons. The highest BCUT2D eigenvalue weighted by atomic mass is 35.5. The highest BCUT2D eigenvalue weighted by Gasteiger charge is 2.03. The van der Waals surface area contributed by atoms with Crippen LogP contribution in [0.4, 0.5) is 0 Å². The zero-order chi connectivity index (χ0) is 16.9. The van der Waals surface area contributed by atoms with Crippen LogP contribution >= 0.6 is 23.2 Å². The molecule has 3 nitrogen and oxygen atoms in total. The predicted octanol–water partition coefficient (Wildman–Crippen LogP) is 4.77. The molecule has 0 aliphatic rings. The quantitative estimate of drug-likeness (QED) is 0.674. The maximum Gasteiger partial charge on any atom is 0.267 e. The van der Waals surface area contributed by atoms with Crippen molar-refractivity contribution in [2.45, 2.75) is 6.54 Å². The predicted molar refractivity (Wildman–Crippen MR) is 99.4 cm³/mol. The second-order valence-corrected chi connectivity index (χ2v) is 6.06. The third kappa shape index (κ3) is 4.13. The molecule has 3 rings (SSSR count). The standard InChI is InChI=1S/C19H14Cl2N2O/c20-17-10-7-15(12-18(17)21)13-23-19(24)11-9-16(22-23)8-6-14-4-2-1-3-5-14/h1-12H,13H2. The van der Waals surface area contributed by atoms with Gasteiger partial charge in [-0.3, -0.25) is 4.79 Å².